The van der Waals surface area contributed by atoms with Crippen molar-refractivity contribution in [2.75, 3.05) is 13.7 Å². The van der Waals surface area contributed by atoms with Gasteiger partial charge in [-0.2, -0.15) is 0 Å². The maximum Gasteiger partial charge on any atom is 0.337 e. The molecule has 0 aromatic heterocycles. The van der Waals surface area contributed by atoms with Crippen molar-refractivity contribution >= 4 is 23.4 Å². The maximum atomic E-state index is 12.8. The topological polar surface area (TPSA) is 82.0 Å². The lowest BCUT2D eigenvalue weighted by molar-refractivity contribution is -0.146. The monoisotopic (exact) mass is 383 g/mol. The summed E-state index contributed by atoms with van der Waals surface area (Å²) in [6.45, 7) is 4.08. The van der Waals surface area contributed by atoms with E-state index in [0.717, 1.165) is 30.5 Å². The molecule has 1 unspecified atom stereocenters. The van der Waals surface area contributed by atoms with Crippen LogP contribution in [-0.4, -0.2) is 37.2 Å². The van der Waals surface area contributed by atoms with Gasteiger partial charge in [0.05, 0.1) is 19.3 Å². The molecule has 0 bridgehead atoms. The Labute approximate surface area is 164 Å². The van der Waals surface area contributed by atoms with Gasteiger partial charge in [0, 0.05) is 29.3 Å². The number of nitrogens with zero attached hydrogens (tertiary/aromatic N) is 1. The highest BCUT2D eigenvalue weighted by Gasteiger charge is 2.43. The average molecular weight is 383 g/mol. The van der Waals surface area contributed by atoms with Gasteiger partial charge >= 0.3 is 11.9 Å². The Kier molecular flexibility index (Phi) is 6.07. The van der Waals surface area contributed by atoms with Crippen molar-refractivity contribution in [2.45, 2.75) is 45.4 Å². The molecule has 2 atom stereocenters. The van der Waals surface area contributed by atoms with Crippen LogP contribution in [0.25, 0.3) is 0 Å². The summed E-state index contributed by atoms with van der Waals surface area (Å²) in [4.78, 5) is 42.0. The van der Waals surface area contributed by atoms with Crippen LogP contribution in [-0.2, 0) is 19.1 Å². The highest BCUT2D eigenvalue weighted by atomic mass is 16.5. The van der Waals surface area contributed by atoms with Crippen LogP contribution in [0.4, 0.5) is 0 Å². The van der Waals surface area contributed by atoms with Crippen molar-refractivity contribution < 1.29 is 23.9 Å². The third kappa shape index (κ3) is 3.77. The van der Waals surface area contributed by atoms with E-state index in [4.69, 9.17) is 9.47 Å². The van der Waals surface area contributed by atoms with Gasteiger partial charge in [-0.3, -0.25) is 14.6 Å². The van der Waals surface area contributed by atoms with E-state index in [2.05, 4.69) is 4.99 Å². The summed E-state index contributed by atoms with van der Waals surface area (Å²) < 4.78 is 10.2. The van der Waals surface area contributed by atoms with Crippen LogP contribution < -0.4 is 0 Å². The number of ketones is 1. The van der Waals surface area contributed by atoms with Gasteiger partial charge in [0.15, 0.2) is 5.78 Å². The van der Waals surface area contributed by atoms with Gasteiger partial charge in [0.2, 0.25) is 0 Å². The number of hydrogen-bond acceptors (Lipinski definition) is 6. The first-order valence-electron chi connectivity index (χ1n) is 9.64. The first kappa shape index (κ1) is 20.0. The molecule has 0 spiro atoms. The highest BCUT2D eigenvalue weighted by Crippen LogP contribution is 2.43. The van der Waals surface area contributed by atoms with Gasteiger partial charge in [0.25, 0.3) is 0 Å². The number of aliphatic imine (C=N–C) groups is 1. The number of benzene rings is 1. The number of esters is 2. The summed E-state index contributed by atoms with van der Waals surface area (Å²) in [6, 6.07) is 6.87. The first-order chi connectivity index (χ1) is 13.5. The number of carbonyl (C=O) groups excluding carboxylic acids is 3. The van der Waals surface area contributed by atoms with Gasteiger partial charge in [-0.05, 0) is 43.9 Å². The van der Waals surface area contributed by atoms with Crippen molar-refractivity contribution in [1.29, 1.82) is 0 Å². The van der Waals surface area contributed by atoms with Crippen LogP contribution >= 0.6 is 0 Å². The summed E-state index contributed by atoms with van der Waals surface area (Å²) in [5.74, 6) is -1.85. The highest BCUT2D eigenvalue weighted by molar-refractivity contribution is 6.08. The Bertz CT molecular complexity index is 850. The Morgan fingerprint density at radius 1 is 1.18 bits per heavy atom. The molecule has 148 valence electrons. The van der Waals surface area contributed by atoms with Gasteiger partial charge < -0.3 is 9.47 Å². The fourth-order valence-corrected chi connectivity index (χ4v) is 3.91. The van der Waals surface area contributed by atoms with E-state index < -0.39 is 17.8 Å². The molecule has 1 heterocycles. The van der Waals surface area contributed by atoms with Crippen LogP contribution in [0.3, 0.4) is 0 Å². The third-order valence-corrected chi connectivity index (χ3v) is 5.23. The second-order valence-corrected chi connectivity index (χ2v) is 7.13. The van der Waals surface area contributed by atoms with Gasteiger partial charge in [-0.15, -0.1) is 0 Å². The van der Waals surface area contributed by atoms with Crippen molar-refractivity contribution in [3.05, 3.63) is 46.7 Å². The summed E-state index contributed by atoms with van der Waals surface area (Å²) in [5.41, 5.74) is 3.26. The quantitative estimate of drug-likeness (QED) is 0.726. The molecule has 0 radical (unpaired) electrons. The van der Waals surface area contributed by atoms with Crippen molar-refractivity contribution in [3.63, 3.8) is 0 Å². The van der Waals surface area contributed by atoms with Crippen molar-refractivity contribution in [3.8, 4) is 0 Å². The van der Waals surface area contributed by atoms with E-state index in [1.54, 1.807) is 24.3 Å². The summed E-state index contributed by atoms with van der Waals surface area (Å²) in [5, 5.41) is 0. The molecular formula is C22H25NO5. The molecule has 1 aliphatic heterocycles. The second-order valence-electron chi connectivity index (χ2n) is 7.13. The summed E-state index contributed by atoms with van der Waals surface area (Å²) >= 11 is 0. The van der Waals surface area contributed by atoms with Crippen LogP contribution in [0.2, 0.25) is 0 Å². The van der Waals surface area contributed by atoms with Crippen molar-refractivity contribution in [1.82, 2.24) is 0 Å². The minimum atomic E-state index is -0.642. The van der Waals surface area contributed by atoms with Crippen LogP contribution in [0.1, 0.15) is 61.4 Å². The largest absolute Gasteiger partial charge is 0.465 e. The molecule has 0 amide bonds. The normalized spacial score (nSPS) is 21.7. The van der Waals surface area contributed by atoms with Gasteiger partial charge in [0.1, 0.15) is 5.92 Å². The Morgan fingerprint density at radius 2 is 1.89 bits per heavy atom. The molecule has 6 heteroatoms. The molecule has 0 fully saturated rings. The molecule has 0 saturated carbocycles. The molecule has 1 aromatic carbocycles. The van der Waals surface area contributed by atoms with Crippen LogP contribution in [0, 0.1) is 5.92 Å². The average Bonchev–Trinajstić information content (AvgIpc) is 2.70. The van der Waals surface area contributed by atoms with E-state index in [9.17, 15) is 14.4 Å². The molecule has 28 heavy (non-hydrogen) atoms. The summed E-state index contributed by atoms with van der Waals surface area (Å²) in [6.07, 6.45) is 2.68. The maximum absolute atomic E-state index is 12.8. The summed E-state index contributed by atoms with van der Waals surface area (Å²) in [7, 11) is 1.33. The zero-order valence-corrected chi connectivity index (χ0v) is 16.5. The molecule has 0 N–H and O–H groups in total. The Hall–Kier alpha value is -2.76. The number of rotatable bonds is 5. The van der Waals surface area contributed by atoms with E-state index >= 15 is 0 Å². The Balaban J connectivity index is 2.06. The second kappa shape index (κ2) is 8.50. The molecule has 6 nitrogen and oxygen atoms in total. The lowest BCUT2D eigenvalue weighted by Crippen LogP contribution is -2.37. The zero-order chi connectivity index (χ0) is 20.3. The van der Waals surface area contributed by atoms with Crippen LogP contribution in [0.5, 0.6) is 0 Å². The zero-order valence-electron chi connectivity index (χ0n) is 16.5. The number of carbonyl (C=O) groups is 3. The minimum Gasteiger partial charge on any atom is -0.465 e. The van der Waals surface area contributed by atoms with Crippen molar-refractivity contribution in [2.24, 2.45) is 10.9 Å². The molecule has 1 aromatic rings. The number of ether oxygens (including phenoxy) is 2. The predicted molar refractivity (Wildman–Crippen MR) is 104 cm³/mol. The van der Waals surface area contributed by atoms with E-state index in [1.807, 2.05) is 13.8 Å². The van der Waals surface area contributed by atoms with E-state index in [1.165, 1.54) is 7.11 Å². The number of hydrogen-bond donors (Lipinski definition) is 0. The fourth-order valence-electron chi connectivity index (χ4n) is 3.91. The SMILES string of the molecule is CCCOC(=O)C1C(C)=NC2=C(C(=O)CCC2)[C@@H]1c1ccc(C(=O)OC)cc1. The lowest BCUT2D eigenvalue weighted by Gasteiger charge is -2.34. The first-order valence-corrected chi connectivity index (χ1v) is 9.64. The molecule has 0 saturated heterocycles. The fraction of sp³-hybridized carbons (Fsp3) is 0.455. The van der Waals surface area contributed by atoms with Gasteiger partial charge in [-0.1, -0.05) is 19.1 Å². The predicted octanol–water partition coefficient (Wildman–Crippen LogP) is 3.61. The van der Waals surface area contributed by atoms with Gasteiger partial charge in [-0.25, -0.2) is 4.79 Å². The molecule has 3 rings (SSSR count). The Morgan fingerprint density at radius 3 is 2.54 bits per heavy atom. The van der Waals surface area contributed by atoms with E-state index in [0.29, 0.717) is 29.9 Å². The smallest absolute Gasteiger partial charge is 0.337 e. The standard InChI is InChI=1S/C22H25NO5/c1-4-12-28-22(26)18-13(2)23-16-6-5-7-17(24)20(16)19(18)14-8-10-15(11-9-14)21(25)27-3/h8-11,18-19H,4-7,12H2,1-3H3/t18?,19-/m1/s1. The number of allylic oxidation sites excluding steroid dienone is 2. The number of methoxy groups -OCH3 is 1. The number of Topliss-reactive ketones (excluding diaryl/α,β-unsaturated/α-hetero) is 1. The van der Waals surface area contributed by atoms with E-state index in [-0.39, 0.29) is 11.8 Å². The molecular weight excluding hydrogens is 358 g/mol. The minimum absolute atomic E-state index is 0.0350. The lowest BCUT2D eigenvalue weighted by atomic mass is 9.71. The van der Waals surface area contributed by atoms with Crippen LogP contribution in [0.15, 0.2) is 40.5 Å². The molecule has 2 aliphatic rings. The molecule has 1 aliphatic carbocycles. The third-order valence-electron chi connectivity index (χ3n) is 5.23.